The molecule has 4 nitrogen and oxygen atoms in total. The minimum Gasteiger partial charge on any atom is -0.462 e. The molecule has 0 spiro atoms. The Morgan fingerprint density at radius 2 is 1.94 bits per heavy atom. The van der Waals surface area contributed by atoms with Crippen LogP contribution < -0.4 is 0 Å². The van der Waals surface area contributed by atoms with Gasteiger partial charge in [-0.1, -0.05) is 13.3 Å². The van der Waals surface area contributed by atoms with E-state index in [9.17, 15) is 4.79 Å². The van der Waals surface area contributed by atoms with E-state index >= 15 is 0 Å². The molecule has 0 aliphatic carbocycles. The van der Waals surface area contributed by atoms with Gasteiger partial charge in [0.15, 0.2) is 0 Å². The Hall–Kier alpha value is -1.03. The van der Waals surface area contributed by atoms with Gasteiger partial charge in [0, 0.05) is 0 Å². The van der Waals surface area contributed by atoms with Crippen molar-refractivity contribution in [2.75, 3.05) is 6.61 Å². The number of carbonyl (C=O) groups excluding carboxylic acids is 1. The van der Waals surface area contributed by atoms with Gasteiger partial charge in [0.05, 0.1) is 12.2 Å². The van der Waals surface area contributed by atoms with Gasteiger partial charge in [-0.2, -0.15) is 4.89 Å². The number of unbranched alkanes of at least 4 members (excludes halogenated alkanes) is 1. The standard InChI is InChI=1S/C12H22O4/c1-6-7-8-14-11(13)10(2)9-15-16-12(3,4)5/h9H,6-8H2,1-5H3. The smallest absolute Gasteiger partial charge is 0.336 e. The third-order valence-electron chi connectivity index (χ3n) is 1.58. The molecule has 0 rings (SSSR count). The zero-order chi connectivity index (χ0) is 12.6. The Morgan fingerprint density at radius 3 is 2.44 bits per heavy atom. The van der Waals surface area contributed by atoms with Crippen molar-refractivity contribution in [1.82, 2.24) is 0 Å². The lowest BCUT2D eigenvalue weighted by Gasteiger charge is -2.16. The van der Waals surface area contributed by atoms with Crippen LogP contribution >= 0.6 is 0 Å². The van der Waals surface area contributed by atoms with Crippen LogP contribution in [0.1, 0.15) is 47.5 Å². The van der Waals surface area contributed by atoms with E-state index in [1.165, 1.54) is 6.26 Å². The lowest BCUT2D eigenvalue weighted by Crippen LogP contribution is -2.18. The largest absolute Gasteiger partial charge is 0.462 e. The highest BCUT2D eigenvalue weighted by Gasteiger charge is 2.12. The molecule has 0 aliphatic heterocycles. The molecular formula is C12H22O4. The first-order valence-corrected chi connectivity index (χ1v) is 5.55. The SMILES string of the molecule is CCCCOC(=O)C(C)=COOC(C)(C)C. The first-order chi connectivity index (χ1) is 7.37. The van der Waals surface area contributed by atoms with Crippen LogP contribution in [0.25, 0.3) is 0 Å². The summed E-state index contributed by atoms with van der Waals surface area (Å²) in [5, 5.41) is 0. The maximum absolute atomic E-state index is 11.3. The van der Waals surface area contributed by atoms with Crippen LogP contribution in [0.2, 0.25) is 0 Å². The number of rotatable bonds is 6. The zero-order valence-electron chi connectivity index (χ0n) is 10.8. The molecule has 0 fully saturated rings. The van der Waals surface area contributed by atoms with Crippen LogP contribution in [0.4, 0.5) is 0 Å². The van der Waals surface area contributed by atoms with Crippen LogP contribution in [0.3, 0.4) is 0 Å². The average Bonchev–Trinajstić information content (AvgIpc) is 2.15. The summed E-state index contributed by atoms with van der Waals surface area (Å²) in [6, 6.07) is 0. The molecule has 16 heavy (non-hydrogen) atoms. The van der Waals surface area contributed by atoms with Gasteiger partial charge in [0.2, 0.25) is 0 Å². The summed E-state index contributed by atoms with van der Waals surface area (Å²) in [6.45, 7) is 9.68. The minimum atomic E-state index is -0.400. The van der Waals surface area contributed by atoms with Crippen molar-refractivity contribution < 1.29 is 19.3 Å². The Balaban J connectivity index is 3.88. The van der Waals surface area contributed by atoms with Crippen molar-refractivity contribution in [3.05, 3.63) is 11.8 Å². The van der Waals surface area contributed by atoms with Crippen molar-refractivity contribution >= 4 is 5.97 Å². The lowest BCUT2D eigenvalue weighted by molar-refractivity contribution is -0.310. The van der Waals surface area contributed by atoms with E-state index in [1.54, 1.807) is 6.92 Å². The number of esters is 1. The van der Waals surface area contributed by atoms with Crippen LogP contribution in [0.5, 0.6) is 0 Å². The summed E-state index contributed by atoms with van der Waals surface area (Å²) in [5.41, 5.74) is -0.0107. The molecule has 0 N–H and O–H groups in total. The molecule has 0 saturated heterocycles. The molecular weight excluding hydrogens is 208 g/mol. The van der Waals surface area contributed by atoms with E-state index in [2.05, 4.69) is 0 Å². The maximum atomic E-state index is 11.3. The third-order valence-corrected chi connectivity index (χ3v) is 1.58. The highest BCUT2D eigenvalue weighted by atomic mass is 17.2. The highest BCUT2D eigenvalue weighted by molar-refractivity contribution is 5.87. The number of ether oxygens (including phenoxy) is 1. The van der Waals surface area contributed by atoms with Gasteiger partial charge in [-0.25, -0.2) is 4.79 Å². The second-order valence-electron chi connectivity index (χ2n) is 4.58. The summed E-state index contributed by atoms with van der Waals surface area (Å²) in [7, 11) is 0. The molecule has 94 valence electrons. The molecule has 0 amide bonds. The molecule has 0 saturated carbocycles. The van der Waals surface area contributed by atoms with Crippen LogP contribution in [0.15, 0.2) is 11.8 Å². The number of hydrogen-bond acceptors (Lipinski definition) is 4. The normalized spacial score (nSPS) is 12.4. The van der Waals surface area contributed by atoms with Gasteiger partial charge in [-0.05, 0) is 34.1 Å². The monoisotopic (exact) mass is 230 g/mol. The van der Waals surface area contributed by atoms with E-state index in [0.29, 0.717) is 12.2 Å². The van der Waals surface area contributed by atoms with Crippen molar-refractivity contribution in [3.8, 4) is 0 Å². The lowest BCUT2D eigenvalue weighted by atomic mass is 10.2. The third kappa shape index (κ3) is 8.29. The molecule has 0 aromatic rings. The quantitative estimate of drug-likeness (QED) is 0.176. The van der Waals surface area contributed by atoms with E-state index < -0.39 is 5.60 Å². The summed E-state index contributed by atoms with van der Waals surface area (Å²) in [4.78, 5) is 21.2. The van der Waals surface area contributed by atoms with Crippen molar-refractivity contribution in [2.24, 2.45) is 0 Å². The zero-order valence-corrected chi connectivity index (χ0v) is 10.8. The van der Waals surface area contributed by atoms with Crippen molar-refractivity contribution in [3.63, 3.8) is 0 Å². The second kappa shape index (κ2) is 7.28. The van der Waals surface area contributed by atoms with Crippen molar-refractivity contribution in [2.45, 2.75) is 53.1 Å². The Bertz CT molecular complexity index is 238. The van der Waals surface area contributed by atoms with Crippen LogP contribution in [0, 0.1) is 0 Å². The average molecular weight is 230 g/mol. The minimum absolute atomic E-state index is 0.369. The Labute approximate surface area is 97.5 Å². The molecule has 0 aromatic heterocycles. The molecule has 0 aromatic carbocycles. The van der Waals surface area contributed by atoms with E-state index in [1.807, 2.05) is 27.7 Å². The Kier molecular flexibility index (Phi) is 6.81. The van der Waals surface area contributed by atoms with E-state index in [-0.39, 0.29) is 5.97 Å². The van der Waals surface area contributed by atoms with Gasteiger partial charge < -0.3 is 9.62 Å². The molecule has 0 radical (unpaired) electrons. The fourth-order valence-corrected chi connectivity index (χ4v) is 0.712. The van der Waals surface area contributed by atoms with Crippen LogP contribution in [-0.4, -0.2) is 18.2 Å². The fourth-order valence-electron chi connectivity index (χ4n) is 0.712. The first-order valence-electron chi connectivity index (χ1n) is 5.55. The number of carbonyl (C=O) groups is 1. The van der Waals surface area contributed by atoms with Gasteiger partial charge in [-0.3, -0.25) is 0 Å². The molecule has 0 bridgehead atoms. The summed E-state index contributed by atoms with van der Waals surface area (Å²) in [5.74, 6) is -0.369. The second-order valence-corrected chi connectivity index (χ2v) is 4.58. The summed E-state index contributed by atoms with van der Waals surface area (Å²) < 4.78 is 4.98. The fraction of sp³-hybridized carbons (Fsp3) is 0.750. The molecule has 0 heterocycles. The maximum Gasteiger partial charge on any atom is 0.336 e. The van der Waals surface area contributed by atoms with Crippen LogP contribution in [-0.2, 0) is 19.3 Å². The topological polar surface area (TPSA) is 44.8 Å². The highest BCUT2D eigenvalue weighted by Crippen LogP contribution is 2.08. The predicted molar refractivity (Wildman–Crippen MR) is 61.5 cm³/mol. The van der Waals surface area contributed by atoms with Gasteiger partial charge in [-0.15, -0.1) is 0 Å². The van der Waals surface area contributed by atoms with E-state index in [4.69, 9.17) is 14.5 Å². The molecule has 0 aliphatic rings. The number of hydrogen-bond donors (Lipinski definition) is 0. The van der Waals surface area contributed by atoms with E-state index in [0.717, 1.165) is 12.8 Å². The van der Waals surface area contributed by atoms with Gasteiger partial charge in [0.1, 0.15) is 11.9 Å². The van der Waals surface area contributed by atoms with Crippen molar-refractivity contribution in [1.29, 1.82) is 0 Å². The first kappa shape index (κ1) is 15.0. The predicted octanol–water partition coefficient (Wildman–Crippen LogP) is 2.98. The Morgan fingerprint density at radius 1 is 1.31 bits per heavy atom. The van der Waals surface area contributed by atoms with Gasteiger partial charge in [0.25, 0.3) is 0 Å². The molecule has 0 atom stereocenters. The van der Waals surface area contributed by atoms with Gasteiger partial charge >= 0.3 is 5.97 Å². The summed E-state index contributed by atoms with van der Waals surface area (Å²) >= 11 is 0. The molecule has 0 unspecified atom stereocenters. The summed E-state index contributed by atoms with van der Waals surface area (Å²) in [6.07, 6.45) is 3.14. The molecule has 4 heteroatoms.